The zero-order chi connectivity index (χ0) is 17.5. The van der Waals surface area contributed by atoms with E-state index in [4.69, 9.17) is 9.47 Å². The number of phenolic OH excluding ortho intramolecular Hbond substituents is 1. The third kappa shape index (κ3) is 4.71. The summed E-state index contributed by atoms with van der Waals surface area (Å²) in [4.78, 5) is 24.0. The van der Waals surface area contributed by atoms with Crippen LogP contribution in [-0.2, 0) is 25.5 Å². The lowest BCUT2D eigenvalue weighted by molar-refractivity contribution is -0.145. The van der Waals surface area contributed by atoms with Crippen LogP contribution in [0.25, 0.3) is 0 Å². The van der Waals surface area contributed by atoms with Gasteiger partial charge in [-0.25, -0.2) is 4.39 Å². The first-order valence-corrected chi connectivity index (χ1v) is 7.65. The molecule has 0 spiro atoms. The van der Waals surface area contributed by atoms with Gasteiger partial charge in [-0.1, -0.05) is 6.07 Å². The van der Waals surface area contributed by atoms with Gasteiger partial charge in [-0.3, -0.25) is 9.59 Å². The molecule has 1 unspecified atom stereocenters. The maximum Gasteiger partial charge on any atom is 0.310 e. The molecule has 0 aliphatic carbocycles. The molecule has 6 nitrogen and oxygen atoms in total. The minimum atomic E-state index is -0.760. The number of carbonyl (C=O) groups excluding carboxylic acids is 2. The molecule has 0 saturated carbocycles. The number of methoxy groups -OCH3 is 1. The third-order valence-electron chi connectivity index (χ3n) is 3.76. The Morgan fingerprint density at radius 2 is 2.25 bits per heavy atom. The van der Waals surface area contributed by atoms with Crippen LogP contribution in [-0.4, -0.2) is 37.2 Å². The summed E-state index contributed by atoms with van der Waals surface area (Å²) in [6, 6.07) is 3.90. The van der Waals surface area contributed by atoms with Gasteiger partial charge in [0.25, 0.3) is 0 Å². The maximum absolute atomic E-state index is 13.4. The Morgan fingerprint density at radius 3 is 2.88 bits per heavy atom. The standard InChI is InChI=1S/C17H20FNO5/c1-23-17(22)13(7-11-4-5-15(20)14(18)8-11)9-19-16(21)12-3-2-6-24-10-12/h4-5,8,10,13,20H,2-3,6-7,9H2,1H3,(H,19,21). The quantitative estimate of drug-likeness (QED) is 0.772. The van der Waals surface area contributed by atoms with Gasteiger partial charge in [-0.15, -0.1) is 0 Å². The Balaban J connectivity index is 2.00. The molecule has 1 heterocycles. The number of rotatable bonds is 6. The molecule has 1 amide bonds. The molecule has 1 aliphatic heterocycles. The van der Waals surface area contributed by atoms with Gasteiger partial charge in [0, 0.05) is 6.54 Å². The highest BCUT2D eigenvalue weighted by molar-refractivity contribution is 5.93. The van der Waals surface area contributed by atoms with E-state index in [1.54, 1.807) is 0 Å². The summed E-state index contributed by atoms with van der Waals surface area (Å²) in [7, 11) is 1.26. The summed E-state index contributed by atoms with van der Waals surface area (Å²) in [5.41, 5.74) is 1.05. The van der Waals surface area contributed by atoms with Gasteiger partial charge in [-0.2, -0.15) is 0 Å². The number of aromatic hydroxyl groups is 1. The highest BCUT2D eigenvalue weighted by Crippen LogP contribution is 2.19. The van der Waals surface area contributed by atoms with Crippen molar-refractivity contribution in [1.29, 1.82) is 0 Å². The normalized spacial score (nSPS) is 15.0. The predicted octanol–water partition coefficient (Wildman–Crippen LogP) is 1.67. The maximum atomic E-state index is 13.4. The van der Waals surface area contributed by atoms with E-state index in [2.05, 4.69) is 5.32 Å². The van der Waals surface area contributed by atoms with Crippen molar-refractivity contribution in [2.45, 2.75) is 19.3 Å². The Morgan fingerprint density at radius 1 is 1.46 bits per heavy atom. The van der Waals surface area contributed by atoms with Gasteiger partial charge in [-0.05, 0) is 37.0 Å². The molecule has 1 aromatic rings. The highest BCUT2D eigenvalue weighted by Gasteiger charge is 2.22. The van der Waals surface area contributed by atoms with Gasteiger partial charge in [0.1, 0.15) is 0 Å². The molecular formula is C17H20FNO5. The summed E-state index contributed by atoms with van der Waals surface area (Å²) in [5, 5.41) is 11.9. The number of carbonyl (C=O) groups is 2. The van der Waals surface area contributed by atoms with Gasteiger partial charge >= 0.3 is 5.97 Å². The molecule has 1 aromatic carbocycles. The number of nitrogens with one attached hydrogen (secondary N) is 1. The molecule has 24 heavy (non-hydrogen) atoms. The number of ether oxygens (including phenoxy) is 2. The lowest BCUT2D eigenvalue weighted by atomic mass is 9.98. The lowest BCUT2D eigenvalue weighted by Crippen LogP contribution is -2.35. The number of hydrogen-bond acceptors (Lipinski definition) is 5. The lowest BCUT2D eigenvalue weighted by Gasteiger charge is -2.18. The smallest absolute Gasteiger partial charge is 0.310 e. The van der Waals surface area contributed by atoms with Crippen LogP contribution in [0.15, 0.2) is 30.0 Å². The summed E-state index contributed by atoms with van der Waals surface area (Å²) in [6.07, 6.45) is 3.01. The molecule has 0 saturated heterocycles. The van der Waals surface area contributed by atoms with Crippen LogP contribution in [0.2, 0.25) is 0 Å². The Bertz CT molecular complexity index is 644. The van der Waals surface area contributed by atoms with Crippen LogP contribution < -0.4 is 5.32 Å². The number of phenols is 1. The third-order valence-corrected chi connectivity index (χ3v) is 3.76. The van der Waals surface area contributed by atoms with Crippen molar-refractivity contribution in [2.75, 3.05) is 20.3 Å². The number of amides is 1. The molecular weight excluding hydrogens is 317 g/mol. The van der Waals surface area contributed by atoms with E-state index in [1.807, 2.05) is 0 Å². The van der Waals surface area contributed by atoms with E-state index in [-0.39, 0.29) is 18.9 Å². The van der Waals surface area contributed by atoms with E-state index in [0.717, 1.165) is 12.5 Å². The van der Waals surface area contributed by atoms with Crippen LogP contribution in [0, 0.1) is 11.7 Å². The molecule has 1 atom stereocenters. The van der Waals surface area contributed by atoms with Crippen LogP contribution in [0.4, 0.5) is 4.39 Å². The Labute approximate surface area is 139 Å². The Hall–Kier alpha value is -2.57. The average Bonchev–Trinajstić information content (AvgIpc) is 2.61. The summed E-state index contributed by atoms with van der Waals surface area (Å²) in [5.74, 6) is -2.67. The summed E-state index contributed by atoms with van der Waals surface area (Å²) < 4.78 is 23.3. The zero-order valence-corrected chi connectivity index (χ0v) is 13.4. The second-order valence-electron chi connectivity index (χ2n) is 5.54. The van der Waals surface area contributed by atoms with E-state index < -0.39 is 23.5 Å². The Kier molecular flexibility index (Phi) is 6.17. The van der Waals surface area contributed by atoms with Gasteiger partial charge in [0.2, 0.25) is 5.91 Å². The first-order chi connectivity index (χ1) is 11.5. The number of benzene rings is 1. The van der Waals surface area contributed by atoms with Crippen molar-refractivity contribution in [1.82, 2.24) is 5.32 Å². The molecule has 7 heteroatoms. The molecule has 0 aromatic heterocycles. The molecule has 0 fully saturated rings. The van der Waals surface area contributed by atoms with Crippen LogP contribution in [0.1, 0.15) is 18.4 Å². The van der Waals surface area contributed by atoms with E-state index in [0.29, 0.717) is 24.2 Å². The summed E-state index contributed by atoms with van der Waals surface area (Å²) >= 11 is 0. The fraction of sp³-hybridized carbons (Fsp3) is 0.412. The monoisotopic (exact) mass is 337 g/mol. The van der Waals surface area contributed by atoms with Crippen molar-refractivity contribution in [3.05, 3.63) is 41.4 Å². The van der Waals surface area contributed by atoms with Crippen molar-refractivity contribution >= 4 is 11.9 Å². The van der Waals surface area contributed by atoms with Crippen molar-refractivity contribution in [3.8, 4) is 5.75 Å². The largest absolute Gasteiger partial charge is 0.505 e. The number of halogens is 1. The minimum absolute atomic E-state index is 0.0609. The topological polar surface area (TPSA) is 84.9 Å². The molecule has 2 rings (SSSR count). The first kappa shape index (κ1) is 17.8. The SMILES string of the molecule is COC(=O)C(CNC(=O)C1=COCCC1)Cc1ccc(O)c(F)c1. The molecule has 130 valence electrons. The van der Waals surface area contributed by atoms with Crippen LogP contribution >= 0.6 is 0 Å². The first-order valence-electron chi connectivity index (χ1n) is 7.65. The predicted molar refractivity (Wildman–Crippen MR) is 83.6 cm³/mol. The van der Waals surface area contributed by atoms with Gasteiger partial charge in [0.15, 0.2) is 11.6 Å². The molecule has 0 bridgehead atoms. The minimum Gasteiger partial charge on any atom is -0.505 e. The number of esters is 1. The fourth-order valence-corrected chi connectivity index (χ4v) is 2.43. The molecule has 0 radical (unpaired) electrons. The van der Waals surface area contributed by atoms with Crippen molar-refractivity contribution in [3.63, 3.8) is 0 Å². The fourth-order valence-electron chi connectivity index (χ4n) is 2.43. The second kappa shape index (κ2) is 8.33. The van der Waals surface area contributed by atoms with Crippen LogP contribution in [0.5, 0.6) is 5.75 Å². The zero-order valence-electron chi connectivity index (χ0n) is 13.4. The number of hydrogen-bond donors (Lipinski definition) is 2. The molecule has 1 aliphatic rings. The average molecular weight is 337 g/mol. The van der Waals surface area contributed by atoms with E-state index >= 15 is 0 Å². The summed E-state index contributed by atoms with van der Waals surface area (Å²) in [6.45, 7) is 0.652. The van der Waals surface area contributed by atoms with Crippen LogP contribution in [0.3, 0.4) is 0 Å². The van der Waals surface area contributed by atoms with Crippen molar-refractivity contribution < 1.29 is 28.6 Å². The second-order valence-corrected chi connectivity index (χ2v) is 5.54. The highest BCUT2D eigenvalue weighted by atomic mass is 19.1. The molecule has 2 N–H and O–H groups in total. The van der Waals surface area contributed by atoms with E-state index in [9.17, 15) is 19.1 Å². The van der Waals surface area contributed by atoms with Gasteiger partial charge in [0.05, 0.1) is 31.5 Å². The van der Waals surface area contributed by atoms with Gasteiger partial charge < -0.3 is 19.9 Å². The van der Waals surface area contributed by atoms with Crippen molar-refractivity contribution in [2.24, 2.45) is 5.92 Å². The van der Waals surface area contributed by atoms with E-state index in [1.165, 1.54) is 25.5 Å².